The van der Waals surface area contributed by atoms with E-state index in [9.17, 15) is 13.2 Å². The summed E-state index contributed by atoms with van der Waals surface area (Å²) < 4.78 is 26.2. The van der Waals surface area contributed by atoms with Gasteiger partial charge in [-0.1, -0.05) is 42.3 Å². The van der Waals surface area contributed by atoms with Crippen LogP contribution in [0.5, 0.6) is 0 Å². The maximum absolute atomic E-state index is 12.9. The molecule has 1 atom stereocenters. The van der Waals surface area contributed by atoms with Gasteiger partial charge >= 0.3 is 0 Å². The molecule has 0 aromatic heterocycles. The lowest BCUT2D eigenvalue weighted by molar-refractivity contribution is -0.117. The smallest absolute Gasteiger partial charge is 0.248 e. The van der Waals surface area contributed by atoms with E-state index in [2.05, 4.69) is 5.32 Å². The van der Waals surface area contributed by atoms with Gasteiger partial charge in [0.25, 0.3) is 0 Å². The SMILES string of the molecule is CCC(C(=O)Nc1ccc(C)c(Cl)c1)N(c1cc(Cl)ccc1C)S(C)(=O)=O. The molecule has 2 aromatic rings. The Kier molecular flexibility index (Phi) is 6.78. The molecule has 0 heterocycles. The molecule has 0 saturated carbocycles. The number of carbonyl (C=O) groups is 1. The third kappa shape index (κ3) is 5.15. The quantitative estimate of drug-likeness (QED) is 0.718. The number of hydrogen-bond acceptors (Lipinski definition) is 3. The van der Waals surface area contributed by atoms with E-state index in [1.165, 1.54) is 0 Å². The van der Waals surface area contributed by atoms with Crippen LogP contribution in [0.25, 0.3) is 0 Å². The van der Waals surface area contributed by atoms with Gasteiger partial charge in [0.15, 0.2) is 0 Å². The van der Waals surface area contributed by atoms with E-state index in [1.54, 1.807) is 50.2 Å². The maximum Gasteiger partial charge on any atom is 0.248 e. The largest absolute Gasteiger partial charge is 0.324 e. The summed E-state index contributed by atoms with van der Waals surface area (Å²) >= 11 is 12.2. The van der Waals surface area contributed by atoms with Crippen molar-refractivity contribution in [3.63, 3.8) is 0 Å². The molecular weight excluding hydrogens is 407 g/mol. The fraction of sp³-hybridized carbons (Fsp3) is 0.316. The number of anilines is 2. The van der Waals surface area contributed by atoms with Gasteiger partial charge in [-0.2, -0.15) is 0 Å². The molecule has 146 valence electrons. The second-order valence-corrected chi connectivity index (χ2v) is 9.07. The number of halogens is 2. The van der Waals surface area contributed by atoms with Crippen molar-refractivity contribution >= 4 is 50.5 Å². The topological polar surface area (TPSA) is 66.5 Å². The van der Waals surface area contributed by atoms with Gasteiger partial charge in [-0.05, 0) is 55.7 Å². The highest BCUT2D eigenvalue weighted by Crippen LogP contribution is 2.30. The molecule has 0 aliphatic rings. The average molecular weight is 429 g/mol. The number of nitrogens with zero attached hydrogens (tertiary/aromatic N) is 1. The van der Waals surface area contributed by atoms with Crippen molar-refractivity contribution in [3.8, 4) is 0 Å². The number of sulfonamides is 1. The highest BCUT2D eigenvalue weighted by Gasteiger charge is 2.32. The Morgan fingerprint density at radius 2 is 1.74 bits per heavy atom. The standard InChI is InChI=1S/C19H22Cl2N2O3S/c1-5-17(19(24)22-15-9-7-12(2)16(21)11-15)23(27(4,25)26)18-10-14(20)8-6-13(18)3/h6-11,17H,5H2,1-4H3,(H,22,24). The fourth-order valence-corrected chi connectivity index (χ4v) is 4.36. The molecular formula is C19H22Cl2N2O3S. The second-order valence-electron chi connectivity index (χ2n) is 6.37. The number of hydrogen-bond donors (Lipinski definition) is 1. The fourth-order valence-electron chi connectivity index (χ4n) is 2.75. The first-order valence-electron chi connectivity index (χ1n) is 8.37. The van der Waals surface area contributed by atoms with Crippen molar-refractivity contribution in [1.29, 1.82) is 0 Å². The molecule has 5 nitrogen and oxygen atoms in total. The normalized spacial score (nSPS) is 12.5. The number of nitrogens with one attached hydrogen (secondary N) is 1. The lowest BCUT2D eigenvalue weighted by atomic mass is 10.1. The molecule has 0 fully saturated rings. The van der Waals surface area contributed by atoms with Crippen LogP contribution >= 0.6 is 23.2 Å². The lowest BCUT2D eigenvalue weighted by Gasteiger charge is -2.31. The van der Waals surface area contributed by atoms with Crippen molar-refractivity contribution in [1.82, 2.24) is 0 Å². The molecule has 8 heteroatoms. The zero-order valence-electron chi connectivity index (χ0n) is 15.6. The van der Waals surface area contributed by atoms with Crippen LogP contribution in [0, 0.1) is 13.8 Å². The number of aryl methyl sites for hydroxylation is 2. The van der Waals surface area contributed by atoms with Crippen LogP contribution < -0.4 is 9.62 Å². The van der Waals surface area contributed by atoms with Crippen molar-refractivity contribution < 1.29 is 13.2 Å². The summed E-state index contributed by atoms with van der Waals surface area (Å²) in [5.74, 6) is -0.442. The van der Waals surface area contributed by atoms with E-state index in [4.69, 9.17) is 23.2 Å². The van der Waals surface area contributed by atoms with E-state index in [0.29, 0.717) is 27.0 Å². The minimum absolute atomic E-state index is 0.282. The minimum Gasteiger partial charge on any atom is -0.324 e. The Hall–Kier alpha value is -1.76. The van der Waals surface area contributed by atoms with Crippen molar-refractivity contribution in [2.45, 2.75) is 33.2 Å². The van der Waals surface area contributed by atoms with Gasteiger partial charge in [-0.3, -0.25) is 9.10 Å². The summed E-state index contributed by atoms with van der Waals surface area (Å²) in [6, 6.07) is 9.16. The molecule has 0 aliphatic carbocycles. The zero-order chi connectivity index (χ0) is 20.4. The van der Waals surface area contributed by atoms with Crippen molar-refractivity contribution in [2.24, 2.45) is 0 Å². The van der Waals surface area contributed by atoms with E-state index in [1.807, 2.05) is 6.92 Å². The molecule has 0 radical (unpaired) electrons. The zero-order valence-corrected chi connectivity index (χ0v) is 17.9. The van der Waals surface area contributed by atoms with Gasteiger partial charge in [0.2, 0.25) is 15.9 Å². The molecule has 27 heavy (non-hydrogen) atoms. The Bertz CT molecular complexity index is 961. The molecule has 0 spiro atoms. The van der Waals surface area contributed by atoms with Crippen LogP contribution in [0.4, 0.5) is 11.4 Å². The van der Waals surface area contributed by atoms with Crippen LogP contribution in [-0.4, -0.2) is 26.6 Å². The van der Waals surface area contributed by atoms with E-state index in [0.717, 1.165) is 16.1 Å². The highest BCUT2D eigenvalue weighted by atomic mass is 35.5. The van der Waals surface area contributed by atoms with Gasteiger partial charge in [0.1, 0.15) is 6.04 Å². The first-order valence-corrected chi connectivity index (χ1v) is 11.0. The molecule has 2 rings (SSSR count). The predicted octanol–water partition coefficient (Wildman–Crippen LogP) is 4.79. The second kappa shape index (κ2) is 8.50. The van der Waals surface area contributed by atoms with Gasteiger partial charge in [-0.15, -0.1) is 0 Å². The number of amides is 1. The van der Waals surface area contributed by atoms with Gasteiger partial charge in [-0.25, -0.2) is 8.42 Å². The summed E-state index contributed by atoms with van der Waals surface area (Å²) in [5.41, 5.74) is 2.47. The van der Waals surface area contributed by atoms with Crippen LogP contribution in [-0.2, 0) is 14.8 Å². The Morgan fingerprint density at radius 1 is 1.11 bits per heavy atom. The average Bonchev–Trinajstić information content (AvgIpc) is 2.57. The van der Waals surface area contributed by atoms with Crippen molar-refractivity contribution in [3.05, 3.63) is 57.6 Å². The molecule has 1 amide bonds. The van der Waals surface area contributed by atoms with Gasteiger partial charge in [0, 0.05) is 15.7 Å². The summed E-state index contributed by atoms with van der Waals surface area (Å²) in [4.78, 5) is 12.9. The van der Waals surface area contributed by atoms with E-state index in [-0.39, 0.29) is 6.42 Å². The summed E-state index contributed by atoms with van der Waals surface area (Å²) in [7, 11) is -3.73. The molecule has 0 saturated heterocycles. The first kappa shape index (κ1) is 21.5. The Balaban J connectivity index is 2.44. The summed E-state index contributed by atoms with van der Waals surface area (Å²) in [5, 5.41) is 3.67. The number of carbonyl (C=O) groups excluding carboxylic acids is 1. The molecule has 0 bridgehead atoms. The molecule has 0 aliphatic heterocycles. The Labute approximate surface area is 170 Å². The van der Waals surface area contributed by atoms with Crippen LogP contribution in [0.3, 0.4) is 0 Å². The van der Waals surface area contributed by atoms with E-state index < -0.39 is 22.0 Å². The molecule has 1 unspecified atom stereocenters. The monoisotopic (exact) mass is 428 g/mol. The van der Waals surface area contributed by atoms with E-state index >= 15 is 0 Å². The van der Waals surface area contributed by atoms with Gasteiger partial charge < -0.3 is 5.32 Å². The highest BCUT2D eigenvalue weighted by molar-refractivity contribution is 7.92. The number of benzene rings is 2. The van der Waals surface area contributed by atoms with Crippen LogP contribution in [0.15, 0.2) is 36.4 Å². The molecule has 1 N–H and O–H groups in total. The Morgan fingerprint density at radius 3 is 2.30 bits per heavy atom. The van der Waals surface area contributed by atoms with Crippen LogP contribution in [0.1, 0.15) is 24.5 Å². The van der Waals surface area contributed by atoms with Gasteiger partial charge in [0.05, 0.1) is 11.9 Å². The maximum atomic E-state index is 12.9. The summed E-state index contributed by atoms with van der Waals surface area (Å²) in [6.45, 7) is 5.38. The predicted molar refractivity (Wildman–Crippen MR) is 112 cm³/mol. The third-order valence-electron chi connectivity index (χ3n) is 4.18. The van der Waals surface area contributed by atoms with Crippen LogP contribution in [0.2, 0.25) is 10.0 Å². The summed E-state index contributed by atoms with van der Waals surface area (Å²) in [6.07, 6.45) is 1.36. The molecule has 2 aromatic carbocycles. The number of rotatable bonds is 6. The first-order chi connectivity index (χ1) is 12.5. The van der Waals surface area contributed by atoms with Crippen molar-refractivity contribution in [2.75, 3.05) is 15.9 Å². The third-order valence-corrected chi connectivity index (χ3v) is 5.99. The lowest BCUT2D eigenvalue weighted by Crippen LogP contribution is -2.47. The minimum atomic E-state index is -3.73.